The Hall–Kier alpha value is -2.80. The number of carbonyl (C=O) groups is 1. The maximum absolute atomic E-state index is 13.0. The van der Waals surface area contributed by atoms with Crippen molar-refractivity contribution in [1.82, 2.24) is 0 Å². The fourth-order valence-electron chi connectivity index (χ4n) is 2.47. The molecule has 0 aliphatic carbocycles. The fraction of sp³-hybridized carbons (Fsp3) is 0.150. The summed E-state index contributed by atoms with van der Waals surface area (Å²) in [6, 6.07) is 14.1. The van der Waals surface area contributed by atoms with E-state index in [-0.39, 0.29) is 12.3 Å². The number of ether oxygens (including phenoxy) is 1. The smallest absolute Gasteiger partial charge is 0.418 e. The maximum Gasteiger partial charge on any atom is 0.418 e. The summed E-state index contributed by atoms with van der Waals surface area (Å²) < 4.78 is 44.8. The molecule has 1 heterocycles. The summed E-state index contributed by atoms with van der Waals surface area (Å²) in [6.07, 6.45) is -4.54. The lowest BCUT2D eigenvalue weighted by Gasteiger charge is -2.12. The molecular formula is C20H16F3NO2S. The molecule has 0 saturated carbocycles. The molecule has 0 radical (unpaired) electrons. The Bertz CT molecular complexity index is 950. The number of halogens is 3. The maximum atomic E-state index is 13.0. The second kappa shape index (κ2) is 7.84. The van der Waals surface area contributed by atoms with Gasteiger partial charge in [0, 0.05) is 5.56 Å². The van der Waals surface area contributed by atoms with Crippen molar-refractivity contribution in [2.45, 2.75) is 19.7 Å². The highest BCUT2D eigenvalue weighted by Crippen LogP contribution is 2.35. The second-order valence-corrected chi connectivity index (χ2v) is 6.83. The van der Waals surface area contributed by atoms with Gasteiger partial charge in [-0.15, -0.1) is 11.3 Å². The molecule has 27 heavy (non-hydrogen) atoms. The van der Waals surface area contributed by atoms with Gasteiger partial charge in [-0.1, -0.05) is 24.3 Å². The van der Waals surface area contributed by atoms with Crippen molar-refractivity contribution in [3.63, 3.8) is 0 Å². The number of alkyl halides is 3. The first-order valence-corrected chi connectivity index (χ1v) is 8.95. The summed E-state index contributed by atoms with van der Waals surface area (Å²) in [5.74, 6) is 0.129. The van der Waals surface area contributed by atoms with E-state index in [2.05, 4.69) is 5.32 Å². The molecule has 0 atom stereocenters. The van der Waals surface area contributed by atoms with Gasteiger partial charge in [-0.3, -0.25) is 4.79 Å². The number of benzene rings is 2. The van der Waals surface area contributed by atoms with Crippen LogP contribution in [0.5, 0.6) is 5.75 Å². The van der Waals surface area contributed by atoms with Gasteiger partial charge in [-0.25, -0.2) is 0 Å². The van der Waals surface area contributed by atoms with Gasteiger partial charge in [0.05, 0.1) is 16.1 Å². The van der Waals surface area contributed by atoms with E-state index in [1.807, 2.05) is 31.2 Å². The highest BCUT2D eigenvalue weighted by molar-refractivity contribution is 7.12. The Morgan fingerprint density at radius 2 is 1.89 bits per heavy atom. The predicted octanol–water partition coefficient (Wildman–Crippen LogP) is 5.91. The van der Waals surface area contributed by atoms with E-state index in [9.17, 15) is 18.0 Å². The summed E-state index contributed by atoms with van der Waals surface area (Å²) in [4.78, 5) is 12.6. The SMILES string of the molecule is Cc1cccc(OCc2csc(C(=O)Nc3ccccc3C(F)(F)F)c2)c1. The minimum Gasteiger partial charge on any atom is -0.489 e. The van der Waals surface area contributed by atoms with Gasteiger partial charge in [0.25, 0.3) is 5.91 Å². The van der Waals surface area contributed by atoms with Crippen LogP contribution in [0.25, 0.3) is 0 Å². The van der Waals surface area contributed by atoms with Gasteiger partial charge in [0.2, 0.25) is 0 Å². The third-order valence-electron chi connectivity index (χ3n) is 3.75. The minimum absolute atomic E-state index is 0.263. The molecule has 3 nitrogen and oxygen atoms in total. The lowest BCUT2D eigenvalue weighted by Crippen LogP contribution is -2.15. The lowest BCUT2D eigenvalue weighted by molar-refractivity contribution is -0.136. The first-order valence-electron chi connectivity index (χ1n) is 8.07. The van der Waals surface area contributed by atoms with Crippen molar-refractivity contribution in [2.75, 3.05) is 5.32 Å². The quantitative estimate of drug-likeness (QED) is 0.587. The molecular weight excluding hydrogens is 375 g/mol. The van der Waals surface area contributed by atoms with Crippen LogP contribution in [0.1, 0.15) is 26.4 Å². The van der Waals surface area contributed by atoms with Crippen LogP contribution in [0.2, 0.25) is 0 Å². The average molecular weight is 391 g/mol. The number of carbonyl (C=O) groups excluding carboxylic acids is 1. The summed E-state index contributed by atoms with van der Waals surface area (Å²) in [5, 5.41) is 4.09. The van der Waals surface area contributed by atoms with Gasteiger partial charge in [-0.05, 0) is 48.2 Å². The molecule has 0 fully saturated rings. The molecule has 7 heteroatoms. The minimum atomic E-state index is -4.54. The van der Waals surface area contributed by atoms with Crippen molar-refractivity contribution in [2.24, 2.45) is 0 Å². The molecule has 0 aliphatic heterocycles. The highest BCUT2D eigenvalue weighted by atomic mass is 32.1. The van der Waals surface area contributed by atoms with Gasteiger partial charge in [0.15, 0.2) is 0 Å². The van der Waals surface area contributed by atoms with E-state index < -0.39 is 17.6 Å². The first-order chi connectivity index (χ1) is 12.8. The van der Waals surface area contributed by atoms with Crippen LogP contribution in [0, 0.1) is 6.92 Å². The zero-order chi connectivity index (χ0) is 19.4. The number of rotatable bonds is 5. The standard InChI is InChI=1S/C20H16F3NO2S/c1-13-5-4-6-15(9-13)26-11-14-10-18(27-12-14)19(25)24-17-8-3-2-7-16(17)20(21,22)23/h2-10,12H,11H2,1H3,(H,24,25). The Labute approximate surface area is 158 Å². The molecule has 3 rings (SSSR count). The van der Waals surface area contributed by atoms with Crippen molar-refractivity contribution in [3.05, 3.63) is 81.5 Å². The predicted molar refractivity (Wildman–Crippen MR) is 99.2 cm³/mol. The largest absolute Gasteiger partial charge is 0.489 e. The van der Waals surface area contributed by atoms with Crippen LogP contribution in [-0.4, -0.2) is 5.91 Å². The van der Waals surface area contributed by atoms with Crippen molar-refractivity contribution in [3.8, 4) is 5.75 Å². The van der Waals surface area contributed by atoms with E-state index in [4.69, 9.17) is 4.74 Å². The number of aryl methyl sites for hydroxylation is 1. The van der Waals surface area contributed by atoms with E-state index in [0.29, 0.717) is 10.6 Å². The molecule has 0 bridgehead atoms. The number of hydrogen-bond acceptors (Lipinski definition) is 3. The van der Waals surface area contributed by atoms with Crippen molar-refractivity contribution >= 4 is 22.9 Å². The molecule has 140 valence electrons. The topological polar surface area (TPSA) is 38.3 Å². The zero-order valence-corrected chi connectivity index (χ0v) is 15.2. The lowest BCUT2D eigenvalue weighted by atomic mass is 10.1. The van der Waals surface area contributed by atoms with Crippen LogP contribution in [-0.2, 0) is 12.8 Å². The van der Waals surface area contributed by atoms with Crippen molar-refractivity contribution in [1.29, 1.82) is 0 Å². The average Bonchev–Trinajstić information content (AvgIpc) is 3.09. The van der Waals surface area contributed by atoms with Crippen LogP contribution < -0.4 is 10.1 Å². The highest BCUT2D eigenvalue weighted by Gasteiger charge is 2.33. The summed E-state index contributed by atoms with van der Waals surface area (Å²) in [6.45, 7) is 2.23. The summed E-state index contributed by atoms with van der Waals surface area (Å²) in [7, 11) is 0. The van der Waals surface area contributed by atoms with Gasteiger partial charge < -0.3 is 10.1 Å². The number of thiophene rings is 1. The number of amides is 1. The van der Waals surface area contributed by atoms with Crippen LogP contribution in [0.3, 0.4) is 0 Å². The molecule has 0 spiro atoms. The van der Waals surface area contributed by atoms with Gasteiger partial charge >= 0.3 is 6.18 Å². The molecule has 1 aromatic heterocycles. The first kappa shape index (κ1) is 19.0. The van der Waals surface area contributed by atoms with E-state index in [0.717, 1.165) is 28.5 Å². The number of para-hydroxylation sites is 1. The molecule has 0 aliphatic rings. The third kappa shape index (κ3) is 4.89. The van der Waals surface area contributed by atoms with Crippen molar-refractivity contribution < 1.29 is 22.7 Å². The molecule has 0 saturated heterocycles. The molecule has 0 unspecified atom stereocenters. The van der Waals surface area contributed by atoms with E-state index in [1.165, 1.54) is 18.2 Å². The van der Waals surface area contributed by atoms with E-state index >= 15 is 0 Å². The molecule has 3 aromatic rings. The Morgan fingerprint density at radius 3 is 2.63 bits per heavy atom. The summed E-state index contributed by atoms with van der Waals surface area (Å²) in [5.41, 5.74) is 0.704. The number of anilines is 1. The van der Waals surface area contributed by atoms with Crippen LogP contribution in [0.15, 0.2) is 60.0 Å². The number of hydrogen-bond donors (Lipinski definition) is 1. The normalized spacial score (nSPS) is 11.3. The Balaban J connectivity index is 1.67. The second-order valence-electron chi connectivity index (χ2n) is 5.92. The van der Waals surface area contributed by atoms with E-state index in [1.54, 1.807) is 11.4 Å². The Kier molecular flexibility index (Phi) is 5.51. The summed E-state index contributed by atoms with van der Waals surface area (Å²) >= 11 is 1.16. The monoisotopic (exact) mass is 391 g/mol. The molecule has 1 N–H and O–H groups in total. The van der Waals surface area contributed by atoms with Crippen LogP contribution in [0.4, 0.5) is 18.9 Å². The zero-order valence-electron chi connectivity index (χ0n) is 14.3. The fourth-order valence-corrected chi connectivity index (χ4v) is 3.26. The van der Waals surface area contributed by atoms with Gasteiger partial charge in [0.1, 0.15) is 12.4 Å². The Morgan fingerprint density at radius 1 is 1.11 bits per heavy atom. The molecule has 2 aromatic carbocycles. The molecule has 1 amide bonds. The van der Waals surface area contributed by atoms with Crippen LogP contribution >= 0.6 is 11.3 Å². The van der Waals surface area contributed by atoms with Gasteiger partial charge in [-0.2, -0.15) is 13.2 Å². The third-order valence-corrected chi connectivity index (χ3v) is 4.73. The number of nitrogens with one attached hydrogen (secondary N) is 1.